The molecule has 0 saturated carbocycles. The maximum atomic E-state index is 11.9. The molecule has 26 heteroatoms. The van der Waals surface area contributed by atoms with Gasteiger partial charge in [-0.1, -0.05) is 24.3 Å². The van der Waals surface area contributed by atoms with Gasteiger partial charge in [-0.2, -0.15) is 18.8 Å². The summed E-state index contributed by atoms with van der Waals surface area (Å²) in [4.78, 5) is 34.1. The van der Waals surface area contributed by atoms with Crippen LogP contribution in [0.1, 0.15) is 60.7 Å². The smallest absolute Gasteiger partial charge is 0.211 e. The lowest BCUT2D eigenvalue weighted by molar-refractivity contribution is -0.0390. The molecule has 22 nitrogen and oxygen atoms in total. The van der Waals surface area contributed by atoms with E-state index in [0.29, 0.717) is 90.4 Å². The zero-order valence-corrected chi connectivity index (χ0v) is 49.7. The monoisotopic (exact) mass is 1190 g/mol. The van der Waals surface area contributed by atoms with Gasteiger partial charge in [-0.3, -0.25) is 9.80 Å². The van der Waals surface area contributed by atoms with Crippen LogP contribution in [-0.4, -0.2) is 205 Å². The molecule has 6 aliphatic rings. The van der Waals surface area contributed by atoms with Gasteiger partial charge in [0, 0.05) is 143 Å². The van der Waals surface area contributed by atoms with Crippen molar-refractivity contribution in [1.29, 1.82) is 0 Å². The normalized spacial score (nSPS) is 21.7. The minimum absolute atomic E-state index is 0.0320. The van der Waals surface area contributed by atoms with Gasteiger partial charge in [0.05, 0.1) is 66.9 Å². The van der Waals surface area contributed by atoms with Gasteiger partial charge >= 0.3 is 0 Å². The molecule has 0 bridgehead atoms. The second-order valence-corrected chi connectivity index (χ2v) is 28.2. The summed E-state index contributed by atoms with van der Waals surface area (Å²) in [6, 6.07) is 16.8. The number of rotatable bonds is 12. The van der Waals surface area contributed by atoms with Gasteiger partial charge in [0.25, 0.3) is 0 Å². The Bertz CT molecular complexity index is 3630. The maximum Gasteiger partial charge on any atom is 0.211 e. The SMILES string of the molecule is CS(=O)(=O)N1CCN(Cc2cc3c(N4CCOCC4)nc(-c4cccc5c4cnn5C4CCCCO4)nc3s2)CC1.CS(=O)(=O)N1CCN(Cc2cc3c(N4CCOCC4)nc(-c4cccc5nn(C6CCCCO6)cc45)nc3s2)CC1. The second kappa shape index (κ2) is 24.0. The van der Waals surface area contributed by atoms with Crippen LogP contribution in [0.3, 0.4) is 0 Å². The number of morpholine rings is 2. The number of benzene rings is 2. The Morgan fingerprint density at radius 3 is 1.55 bits per heavy atom. The molecule has 0 amide bonds. The highest BCUT2D eigenvalue weighted by atomic mass is 32.2. The number of fused-ring (bicyclic) bond motifs is 4. The Kier molecular flexibility index (Phi) is 16.3. The molecular formula is C56H70N14O8S4. The third-order valence-electron chi connectivity index (χ3n) is 16.4. The molecule has 14 rings (SSSR count). The predicted octanol–water partition coefficient (Wildman–Crippen LogP) is 6.64. The zero-order valence-electron chi connectivity index (χ0n) is 46.5. The van der Waals surface area contributed by atoms with E-state index in [2.05, 4.69) is 62.2 Å². The molecule has 12 heterocycles. The van der Waals surface area contributed by atoms with Gasteiger partial charge in [-0.15, -0.1) is 22.7 Å². The van der Waals surface area contributed by atoms with Gasteiger partial charge in [0.15, 0.2) is 17.9 Å². The minimum Gasteiger partial charge on any atom is -0.378 e. The lowest BCUT2D eigenvalue weighted by Gasteiger charge is -2.32. The number of sulfonamides is 2. The summed E-state index contributed by atoms with van der Waals surface area (Å²) in [6.45, 7) is 13.8. The molecule has 6 fully saturated rings. The molecular weight excluding hydrogens is 1120 g/mol. The molecule has 6 aromatic heterocycles. The van der Waals surface area contributed by atoms with E-state index in [-0.39, 0.29) is 12.5 Å². The van der Waals surface area contributed by atoms with Crippen LogP contribution in [-0.2, 0) is 52.1 Å². The average Bonchev–Trinajstić information content (AvgIpc) is 4.52. The number of ether oxygens (including phenoxy) is 4. The van der Waals surface area contributed by atoms with Crippen molar-refractivity contribution in [1.82, 2.24) is 57.9 Å². The van der Waals surface area contributed by atoms with Gasteiger partial charge in [0.2, 0.25) is 20.0 Å². The third-order valence-corrected chi connectivity index (χ3v) is 21.0. The first kappa shape index (κ1) is 55.8. The summed E-state index contributed by atoms with van der Waals surface area (Å²) in [5, 5.41) is 13.8. The Morgan fingerprint density at radius 2 is 1.05 bits per heavy atom. The van der Waals surface area contributed by atoms with Crippen molar-refractivity contribution in [2.24, 2.45) is 0 Å². The van der Waals surface area contributed by atoms with Crippen LogP contribution in [0.15, 0.2) is 60.9 Å². The van der Waals surface area contributed by atoms with E-state index < -0.39 is 20.0 Å². The molecule has 8 aromatic rings. The number of hydrogen-bond donors (Lipinski definition) is 0. The van der Waals surface area contributed by atoms with Gasteiger partial charge in [0.1, 0.15) is 27.5 Å². The van der Waals surface area contributed by atoms with Crippen molar-refractivity contribution in [3.63, 3.8) is 0 Å². The molecule has 82 heavy (non-hydrogen) atoms. The number of hydrogen-bond acceptors (Lipinski definition) is 20. The zero-order chi connectivity index (χ0) is 56.0. The summed E-state index contributed by atoms with van der Waals surface area (Å²) in [6.07, 6.45) is 12.9. The number of nitrogens with zero attached hydrogens (tertiary/aromatic N) is 14. The van der Waals surface area contributed by atoms with Crippen LogP contribution < -0.4 is 9.80 Å². The van der Waals surface area contributed by atoms with E-state index >= 15 is 0 Å². The van der Waals surface area contributed by atoms with E-state index in [1.54, 1.807) is 31.3 Å². The molecule has 6 saturated heterocycles. The Labute approximate surface area is 485 Å². The van der Waals surface area contributed by atoms with Gasteiger partial charge in [-0.25, -0.2) is 46.1 Å². The number of anilines is 2. The first-order valence-corrected chi connectivity index (χ1v) is 34.0. The Morgan fingerprint density at radius 1 is 0.549 bits per heavy atom. The average molecular weight is 1200 g/mol. The summed E-state index contributed by atoms with van der Waals surface area (Å²) < 4.78 is 78.2. The fourth-order valence-corrected chi connectivity index (χ4v) is 15.8. The highest BCUT2D eigenvalue weighted by Crippen LogP contribution is 2.39. The molecule has 0 radical (unpaired) electrons. The molecule has 0 aliphatic carbocycles. The van der Waals surface area contributed by atoms with E-state index in [9.17, 15) is 16.8 Å². The Hall–Kier alpha value is -5.36. The quantitative estimate of drug-likeness (QED) is 0.125. The van der Waals surface area contributed by atoms with Crippen molar-refractivity contribution in [2.45, 2.75) is 64.1 Å². The standard InChI is InChI=1S/2C28H35N7O4S2/c1-41(36,37)34-10-8-32(9-11-34)19-20-17-22-27(33-12-15-38-16-13-33)30-26(31-28(22)40-20)21-5-4-6-24-23(21)18-29-35(24)25-7-2-3-14-39-25;1-41(36,37)34-10-8-32(9-11-34)18-20-17-22-27(33-12-15-38-16-13-33)29-26(30-28(22)40-20)21-5-4-6-24-23(21)19-35(31-24)25-7-2-3-14-39-25/h4-6,17-18,25H,2-3,7-16,19H2,1H3;4-6,17,19,25H,2-3,7-16,18H2,1H3. The van der Waals surface area contributed by atoms with Crippen molar-refractivity contribution < 1.29 is 35.8 Å². The summed E-state index contributed by atoms with van der Waals surface area (Å²) in [5.74, 6) is 3.28. The predicted molar refractivity (Wildman–Crippen MR) is 319 cm³/mol. The first-order valence-electron chi connectivity index (χ1n) is 28.7. The van der Waals surface area contributed by atoms with Crippen molar-refractivity contribution >= 4 is 96.6 Å². The summed E-state index contributed by atoms with van der Waals surface area (Å²) in [7, 11) is -6.30. The molecule has 0 N–H and O–H groups in total. The summed E-state index contributed by atoms with van der Waals surface area (Å²) in [5.41, 5.74) is 3.88. The third kappa shape index (κ3) is 12.0. The van der Waals surface area contributed by atoms with E-state index in [0.717, 1.165) is 156 Å². The molecule has 2 unspecified atom stereocenters. The fraction of sp³-hybridized carbons (Fsp3) is 0.536. The fourth-order valence-electron chi connectivity index (χ4n) is 12.0. The number of aromatic nitrogens is 8. The molecule has 2 aromatic carbocycles. The number of piperazine rings is 2. The molecule has 6 aliphatic heterocycles. The minimum atomic E-state index is -3.15. The highest BCUT2D eigenvalue weighted by molar-refractivity contribution is 7.88. The van der Waals surface area contributed by atoms with E-state index in [1.165, 1.54) is 22.3 Å². The first-order chi connectivity index (χ1) is 39.9. The van der Waals surface area contributed by atoms with E-state index in [1.807, 2.05) is 27.7 Å². The highest BCUT2D eigenvalue weighted by Gasteiger charge is 2.29. The number of thiophene rings is 2. The van der Waals surface area contributed by atoms with Crippen LogP contribution in [0.25, 0.3) is 65.0 Å². The lowest BCUT2D eigenvalue weighted by Crippen LogP contribution is -2.47. The van der Waals surface area contributed by atoms with Crippen molar-refractivity contribution in [3.05, 3.63) is 70.7 Å². The van der Waals surface area contributed by atoms with Crippen LogP contribution >= 0.6 is 22.7 Å². The summed E-state index contributed by atoms with van der Waals surface area (Å²) >= 11 is 3.39. The largest absolute Gasteiger partial charge is 0.378 e. The molecule has 0 spiro atoms. The molecule has 2 atom stereocenters. The van der Waals surface area contributed by atoms with Crippen LogP contribution in [0.2, 0.25) is 0 Å². The van der Waals surface area contributed by atoms with E-state index in [4.69, 9.17) is 49.1 Å². The van der Waals surface area contributed by atoms with Gasteiger partial charge in [-0.05, 0) is 62.8 Å². The van der Waals surface area contributed by atoms with Crippen molar-refractivity contribution in [3.8, 4) is 22.8 Å². The lowest BCUT2D eigenvalue weighted by atomic mass is 10.1. The topological polar surface area (TPSA) is 212 Å². The van der Waals surface area contributed by atoms with Gasteiger partial charge < -0.3 is 28.7 Å². The van der Waals surface area contributed by atoms with Crippen LogP contribution in [0.5, 0.6) is 0 Å². The van der Waals surface area contributed by atoms with Crippen LogP contribution in [0, 0.1) is 0 Å². The second-order valence-electron chi connectivity index (χ2n) is 22.0. The van der Waals surface area contributed by atoms with Crippen LogP contribution in [0.4, 0.5) is 11.6 Å². The maximum absolute atomic E-state index is 11.9. The Balaban J connectivity index is 0.000000154. The molecule has 436 valence electrons. The van der Waals surface area contributed by atoms with Crippen molar-refractivity contribution in [2.75, 3.05) is 140 Å².